The van der Waals surface area contributed by atoms with Gasteiger partial charge < -0.3 is 4.90 Å². The van der Waals surface area contributed by atoms with Gasteiger partial charge in [-0.05, 0) is 13.0 Å². The quantitative estimate of drug-likeness (QED) is 0.600. The molecule has 1 aromatic rings. The van der Waals surface area contributed by atoms with Crippen molar-refractivity contribution in [3.05, 3.63) is 39.4 Å². The third-order valence-electron chi connectivity index (χ3n) is 2.64. The molecule has 0 saturated carbocycles. The minimum atomic E-state index is -0.513. The van der Waals surface area contributed by atoms with Crippen molar-refractivity contribution in [2.75, 3.05) is 13.6 Å². The summed E-state index contributed by atoms with van der Waals surface area (Å²) in [5.41, 5.74) is 0.565. The highest BCUT2D eigenvalue weighted by molar-refractivity contribution is 5.96. The summed E-state index contributed by atoms with van der Waals surface area (Å²) in [7, 11) is 1.57. The van der Waals surface area contributed by atoms with E-state index in [0.29, 0.717) is 17.7 Å². The molecule has 1 rings (SSSR count). The second kappa shape index (κ2) is 5.77. The minimum absolute atomic E-state index is 0.0745. The van der Waals surface area contributed by atoms with Crippen LogP contribution >= 0.6 is 0 Å². The van der Waals surface area contributed by atoms with Crippen molar-refractivity contribution >= 4 is 11.6 Å². The Labute approximate surface area is 105 Å². The molecule has 0 fully saturated rings. The molecule has 0 spiro atoms. The average Bonchev–Trinajstić information content (AvgIpc) is 2.35. The molecule has 1 aromatic carbocycles. The van der Waals surface area contributed by atoms with E-state index in [4.69, 9.17) is 5.26 Å². The van der Waals surface area contributed by atoms with Gasteiger partial charge in [0.05, 0.1) is 17.4 Å². The van der Waals surface area contributed by atoms with Gasteiger partial charge in [-0.1, -0.05) is 6.07 Å². The Morgan fingerprint density at radius 1 is 1.56 bits per heavy atom. The lowest BCUT2D eigenvalue weighted by molar-refractivity contribution is -0.385. The van der Waals surface area contributed by atoms with Crippen LogP contribution in [0.3, 0.4) is 0 Å². The fraction of sp³-hybridized carbons (Fsp3) is 0.333. The van der Waals surface area contributed by atoms with Crippen LogP contribution in [0.1, 0.15) is 22.3 Å². The molecule has 6 heteroatoms. The summed E-state index contributed by atoms with van der Waals surface area (Å²) < 4.78 is 0. The first-order valence-electron chi connectivity index (χ1n) is 5.35. The fourth-order valence-corrected chi connectivity index (χ4v) is 1.58. The number of nitro benzene ring substituents is 1. The van der Waals surface area contributed by atoms with Gasteiger partial charge in [0.1, 0.15) is 0 Å². The van der Waals surface area contributed by atoms with E-state index >= 15 is 0 Å². The molecule has 0 radical (unpaired) electrons. The molecule has 1 amide bonds. The van der Waals surface area contributed by atoms with Crippen LogP contribution in [0, 0.1) is 28.4 Å². The highest BCUT2D eigenvalue weighted by atomic mass is 16.6. The zero-order chi connectivity index (χ0) is 13.7. The maximum absolute atomic E-state index is 12.0. The van der Waals surface area contributed by atoms with Crippen LogP contribution < -0.4 is 0 Å². The average molecular weight is 247 g/mol. The summed E-state index contributed by atoms with van der Waals surface area (Å²) in [5, 5.41) is 19.2. The Morgan fingerprint density at radius 2 is 2.22 bits per heavy atom. The number of nitro groups is 1. The highest BCUT2D eigenvalue weighted by Gasteiger charge is 2.20. The molecule has 94 valence electrons. The first-order chi connectivity index (χ1) is 8.49. The van der Waals surface area contributed by atoms with Crippen molar-refractivity contribution < 1.29 is 9.72 Å². The van der Waals surface area contributed by atoms with Gasteiger partial charge in [0.15, 0.2) is 0 Å². The number of carbonyl (C=O) groups excluding carboxylic acids is 1. The lowest BCUT2D eigenvalue weighted by Crippen LogP contribution is -2.28. The molecule has 0 unspecified atom stereocenters. The van der Waals surface area contributed by atoms with Crippen LogP contribution in [0.15, 0.2) is 18.2 Å². The molecule has 0 aliphatic carbocycles. The zero-order valence-electron chi connectivity index (χ0n) is 10.2. The van der Waals surface area contributed by atoms with Gasteiger partial charge in [-0.3, -0.25) is 14.9 Å². The number of hydrogen-bond donors (Lipinski definition) is 0. The monoisotopic (exact) mass is 247 g/mol. The maximum Gasteiger partial charge on any atom is 0.273 e. The Balaban J connectivity index is 3.04. The van der Waals surface area contributed by atoms with Gasteiger partial charge in [-0.25, -0.2) is 0 Å². The van der Waals surface area contributed by atoms with Crippen LogP contribution in [0.25, 0.3) is 0 Å². The predicted molar refractivity (Wildman–Crippen MR) is 65.0 cm³/mol. The standard InChI is InChI=1S/C12H13N3O3/c1-9-10(5-3-6-11(9)15(17)18)12(16)14(2)8-4-7-13/h3,5-6H,4,8H2,1-2H3. The fourth-order valence-electron chi connectivity index (χ4n) is 1.58. The predicted octanol–water partition coefficient (Wildman–Crippen LogP) is 1.89. The minimum Gasteiger partial charge on any atom is -0.341 e. The maximum atomic E-state index is 12.0. The van der Waals surface area contributed by atoms with E-state index in [1.807, 2.05) is 6.07 Å². The SMILES string of the molecule is Cc1c(C(=O)N(C)CCC#N)cccc1[N+](=O)[O-]. The number of amides is 1. The molecule has 0 aromatic heterocycles. The van der Waals surface area contributed by atoms with E-state index in [-0.39, 0.29) is 18.0 Å². The third-order valence-corrected chi connectivity index (χ3v) is 2.64. The van der Waals surface area contributed by atoms with Crippen molar-refractivity contribution in [2.45, 2.75) is 13.3 Å². The summed E-state index contributed by atoms with van der Waals surface area (Å²) in [6, 6.07) is 6.34. The molecule has 0 atom stereocenters. The van der Waals surface area contributed by atoms with Crippen molar-refractivity contribution in [3.8, 4) is 6.07 Å². The van der Waals surface area contributed by atoms with Crippen LogP contribution in [0.2, 0.25) is 0 Å². The molecule has 0 aliphatic heterocycles. The van der Waals surface area contributed by atoms with Crippen molar-refractivity contribution in [2.24, 2.45) is 0 Å². The normalized spacial score (nSPS) is 9.61. The van der Waals surface area contributed by atoms with Gasteiger partial charge in [0.2, 0.25) is 0 Å². The lowest BCUT2D eigenvalue weighted by atomic mass is 10.1. The summed E-state index contributed by atoms with van der Waals surface area (Å²) in [4.78, 5) is 23.7. The number of nitriles is 1. The number of hydrogen-bond acceptors (Lipinski definition) is 4. The van der Waals surface area contributed by atoms with Crippen molar-refractivity contribution in [1.29, 1.82) is 5.26 Å². The van der Waals surface area contributed by atoms with E-state index in [9.17, 15) is 14.9 Å². The Bertz CT molecular complexity index is 520. The van der Waals surface area contributed by atoms with E-state index in [1.165, 1.54) is 17.0 Å². The number of rotatable bonds is 4. The first kappa shape index (κ1) is 13.6. The summed E-state index contributed by atoms with van der Waals surface area (Å²) in [6.45, 7) is 1.85. The van der Waals surface area contributed by atoms with Gasteiger partial charge in [-0.15, -0.1) is 0 Å². The number of carbonyl (C=O) groups is 1. The molecule has 18 heavy (non-hydrogen) atoms. The largest absolute Gasteiger partial charge is 0.341 e. The van der Waals surface area contributed by atoms with Crippen molar-refractivity contribution in [3.63, 3.8) is 0 Å². The molecule has 0 saturated heterocycles. The molecule has 0 heterocycles. The third kappa shape index (κ3) is 2.83. The van der Waals surface area contributed by atoms with Crippen LogP contribution in [0.4, 0.5) is 5.69 Å². The number of benzene rings is 1. The van der Waals surface area contributed by atoms with Crippen LogP contribution in [-0.2, 0) is 0 Å². The van der Waals surface area contributed by atoms with Gasteiger partial charge >= 0.3 is 0 Å². The van der Waals surface area contributed by atoms with E-state index in [1.54, 1.807) is 20.0 Å². The first-order valence-corrected chi connectivity index (χ1v) is 5.35. The molecule has 0 aliphatic rings. The van der Waals surface area contributed by atoms with E-state index < -0.39 is 4.92 Å². The Kier molecular flexibility index (Phi) is 4.38. The van der Waals surface area contributed by atoms with Crippen molar-refractivity contribution in [1.82, 2.24) is 4.90 Å². The lowest BCUT2D eigenvalue weighted by Gasteiger charge is -2.16. The Hall–Kier alpha value is -2.42. The highest BCUT2D eigenvalue weighted by Crippen LogP contribution is 2.21. The molecule has 0 bridgehead atoms. The van der Waals surface area contributed by atoms with Crippen LogP contribution in [0.5, 0.6) is 0 Å². The van der Waals surface area contributed by atoms with Gasteiger partial charge in [0.25, 0.3) is 11.6 Å². The van der Waals surface area contributed by atoms with Gasteiger partial charge in [0, 0.05) is 30.8 Å². The Morgan fingerprint density at radius 3 is 2.78 bits per heavy atom. The summed E-state index contributed by atoms with van der Waals surface area (Å²) in [5.74, 6) is -0.313. The van der Waals surface area contributed by atoms with Gasteiger partial charge in [-0.2, -0.15) is 5.26 Å². The van der Waals surface area contributed by atoms with E-state index in [2.05, 4.69) is 0 Å². The molecular formula is C12H13N3O3. The number of nitrogens with zero attached hydrogens (tertiary/aromatic N) is 3. The molecule has 0 N–H and O–H groups in total. The van der Waals surface area contributed by atoms with Crippen LogP contribution in [-0.4, -0.2) is 29.3 Å². The molecule has 6 nitrogen and oxygen atoms in total. The topological polar surface area (TPSA) is 87.2 Å². The zero-order valence-corrected chi connectivity index (χ0v) is 10.2. The summed E-state index contributed by atoms with van der Waals surface area (Å²) >= 11 is 0. The second-order valence-corrected chi connectivity index (χ2v) is 3.84. The smallest absolute Gasteiger partial charge is 0.273 e. The second-order valence-electron chi connectivity index (χ2n) is 3.84. The molecular weight excluding hydrogens is 234 g/mol. The summed E-state index contributed by atoms with van der Waals surface area (Å²) in [6.07, 6.45) is 0.232. The van der Waals surface area contributed by atoms with E-state index in [0.717, 1.165) is 0 Å².